The number of ketones is 1. The minimum absolute atomic E-state index is 0.0168. The van der Waals surface area contributed by atoms with Gasteiger partial charge in [-0.05, 0) is 43.2 Å². The van der Waals surface area contributed by atoms with Crippen molar-refractivity contribution in [2.45, 2.75) is 51.6 Å². The Hall–Kier alpha value is -4.40. The molecular formula is C30H32N2O7. The van der Waals surface area contributed by atoms with Crippen LogP contribution in [0.15, 0.2) is 71.7 Å². The molecule has 9 nitrogen and oxygen atoms in total. The maximum atomic E-state index is 13.7. The first-order chi connectivity index (χ1) is 18.9. The molecule has 0 spiro atoms. The fourth-order valence-electron chi connectivity index (χ4n) is 4.50. The van der Waals surface area contributed by atoms with Crippen molar-refractivity contribution in [1.29, 1.82) is 0 Å². The van der Waals surface area contributed by atoms with E-state index in [4.69, 9.17) is 14.2 Å². The highest BCUT2D eigenvalue weighted by molar-refractivity contribution is 6.08. The van der Waals surface area contributed by atoms with Crippen molar-refractivity contribution >= 4 is 17.7 Å². The Morgan fingerprint density at radius 3 is 2.51 bits per heavy atom. The lowest BCUT2D eigenvalue weighted by molar-refractivity contribution is -0.143. The molecule has 2 atom stereocenters. The molecule has 3 aromatic rings. The standard InChI is InChI=1S/C30H32N2O7/c1-3-5-13-24(32-16-9-12-22(30(32)36)28(34)20-10-7-6-8-11-20)29(35)31-23(18-27(33)37-4-2)21-14-15-25-26(17-21)39-19-38-25/h6-12,14-17,23-24H,3-5,13,18-19H2,1-2H3,(H,31,35)/t23-,24-/m0/s1. The molecule has 4 rings (SSSR count). The number of fused-ring (bicyclic) bond motifs is 1. The summed E-state index contributed by atoms with van der Waals surface area (Å²) in [6.45, 7) is 4.00. The van der Waals surface area contributed by atoms with Crippen molar-refractivity contribution < 1.29 is 28.6 Å². The van der Waals surface area contributed by atoms with Gasteiger partial charge in [0.05, 0.1) is 24.6 Å². The van der Waals surface area contributed by atoms with Crippen LogP contribution < -0.4 is 20.3 Å². The quantitative estimate of drug-likeness (QED) is 0.273. The van der Waals surface area contributed by atoms with E-state index in [2.05, 4.69) is 5.32 Å². The largest absolute Gasteiger partial charge is 0.466 e. The summed E-state index contributed by atoms with van der Waals surface area (Å²) in [5, 5.41) is 2.95. The van der Waals surface area contributed by atoms with E-state index < -0.39 is 35.3 Å². The van der Waals surface area contributed by atoms with Gasteiger partial charge in [0.15, 0.2) is 17.3 Å². The van der Waals surface area contributed by atoms with Crippen LogP contribution in [0.25, 0.3) is 0 Å². The van der Waals surface area contributed by atoms with Crippen LogP contribution in [-0.2, 0) is 14.3 Å². The average Bonchev–Trinajstić information content (AvgIpc) is 3.42. The highest BCUT2D eigenvalue weighted by atomic mass is 16.7. The van der Waals surface area contributed by atoms with Crippen molar-refractivity contribution in [2.75, 3.05) is 13.4 Å². The fraction of sp³-hybridized carbons (Fsp3) is 0.333. The number of hydrogen-bond donors (Lipinski definition) is 1. The third-order valence-corrected chi connectivity index (χ3v) is 6.52. The van der Waals surface area contributed by atoms with E-state index in [0.717, 1.165) is 6.42 Å². The van der Waals surface area contributed by atoms with Gasteiger partial charge in [-0.1, -0.05) is 56.2 Å². The number of nitrogens with zero attached hydrogens (tertiary/aromatic N) is 1. The van der Waals surface area contributed by atoms with Gasteiger partial charge >= 0.3 is 5.97 Å². The normalized spacial score (nSPS) is 13.4. The molecule has 0 radical (unpaired) electrons. The molecule has 1 aliphatic rings. The summed E-state index contributed by atoms with van der Waals surface area (Å²) in [6.07, 6.45) is 3.26. The van der Waals surface area contributed by atoms with Crippen LogP contribution in [-0.4, -0.2) is 35.6 Å². The molecule has 0 fully saturated rings. The molecule has 2 heterocycles. The van der Waals surface area contributed by atoms with E-state index in [9.17, 15) is 19.2 Å². The van der Waals surface area contributed by atoms with Crippen LogP contribution in [0, 0.1) is 0 Å². The SMILES string of the molecule is CCCC[C@@H](C(=O)N[C@@H](CC(=O)OCC)c1ccc2c(c1)OCO2)n1cccc(C(=O)c2ccccc2)c1=O. The fourth-order valence-corrected chi connectivity index (χ4v) is 4.50. The Morgan fingerprint density at radius 1 is 1.00 bits per heavy atom. The van der Waals surface area contributed by atoms with Gasteiger partial charge in [0.25, 0.3) is 5.56 Å². The molecule has 1 amide bonds. The predicted octanol–water partition coefficient (Wildman–Crippen LogP) is 4.35. The molecule has 39 heavy (non-hydrogen) atoms. The third-order valence-electron chi connectivity index (χ3n) is 6.52. The zero-order valence-electron chi connectivity index (χ0n) is 22.1. The van der Waals surface area contributed by atoms with Crippen molar-refractivity contribution in [3.63, 3.8) is 0 Å². The summed E-state index contributed by atoms with van der Waals surface area (Å²) in [5.41, 5.74) is 0.457. The number of ether oxygens (including phenoxy) is 3. The Balaban J connectivity index is 1.65. The van der Waals surface area contributed by atoms with E-state index in [1.807, 2.05) is 6.92 Å². The lowest BCUT2D eigenvalue weighted by atomic mass is 10.0. The van der Waals surface area contributed by atoms with Crippen molar-refractivity contribution in [3.8, 4) is 11.5 Å². The van der Waals surface area contributed by atoms with E-state index >= 15 is 0 Å². The summed E-state index contributed by atoms with van der Waals surface area (Å²) < 4.78 is 17.3. The van der Waals surface area contributed by atoms with E-state index in [0.29, 0.717) is 35.5 Å². The van der Waals surface area contributed by atoms with Gasteiger partial charge in [0, 0.05) is 11.8 Å². The van der Waals surface area contributed by atoms with Gasteiger partial charge in [-0.2, -0.15) is 0 Å². The number of pyridine rings is 1. The number of nitrogens with one attached hydrogen (secondary N) is 1. The third kappa shape index (κ3) is 6.54. The van der Waals surface area contributed by atoms with Crippen LogP contribution in [0.3, 0.4) is 0 Å². The van der Waals surface area contributed by atoms with Gasteiger partial charge in [0.1, 0.15) is 6.04 Å². The zero-order chi connectivity index (χ0) is 27.8. The number of carbonyl (C=O) groups excluding carboxylic acids is 3. The second kappa shape index (κ2) is 12.9. The Bertz CT molecular complexity index is 1380. The summed E-state index contributed by atoms with van der Waals surface area (Å²) >= 11 is 0. The number of unbranched alkanes of at least 4 members (excludes halogenated alkanes) is 1. The number of hydrogen-bond acceptors (Lipinski definition) is 7. The van der Waals surface area contributed by atoms with Crippen LogP contribution in [0.5, 0.6) is 11.5 Å². The van der Waals surface area contributed by atoms with Crippen molar-refractivity contribution in [3.05, 3.63) is 93.9 Å². The van der Waals surface area contributed by atoms with Gasteiger partial charge in [-0.3, -0.25) is 19.2 Å². The minimum atomic E-state index is -0.889. The first kappa shape index (κ1) is 27.6. The highest BCUT2D eigenvalue weighted by Gasteiger charge is 2.28. The maximum absolute atomic E-state index is 13.7. The number of benzene rings is 2. The van der Waals surface area contributed by atoms with Gasteiger partial charge in [0.2, 0.25) is 12.7 Å². The van der Waals surface area contributed by atoms with Crippen LogP contribution in [0.4, 0.5) is 0 Å². The molecule has 9 heteroatoms. The Morgan fingerprint density at radius 2 is 1.77 bits per heavy atom. The second-order valence-electron chi connectivity index (χ2n) is 9.17. The predicted molar refractivity (Wildman–Crippen MR) is 144 cm³/mol. The van der Waals surface area contributed by atoms with Gasteiger partial charge in [-0.25, -0.2) is 0 Å². The Kier molecular flexibility index (Phi) is 9.14. The number of esters is 1. The smallest absolute Gasteiger partial charge is 0.308 e. The summed E-state index contributed by atoms with van der Waals surface area (Å²) in [4.78, 5) is 52.8. The lowest BCUT2D eigenvalue weighted by Gasteiger charge is -2.24. The monoisotopic (exact) mass is 532 g/mol. The molecule has 0 bridgehead atoms. The Labute approximate surface area is 226 Å². The number of amides is 1. The molecule has 1 N–H and O–H groups in total. The highest BCUT2D eigenvalue weighted by Crippen LogP contribution is 2.35. The summed E-state index contributed by atoms with van der Waals surface area (Å²) in [6, 6.07) is 15.2. The molecule has 2 aromatic carbocycles. The van der Waals surface area contributed by atoms with Crippen LogP contribution in [0.1, 0.15) is 73.1 Å². The minimum Gasteiger partial charge on any atom is -0.466 e. The number of rotatable bonds is 12. The van der Waals surface area contributed by atoms with E-state index in [-0.39, 0.29) is 25.4 Å². The van der Waals surface area contributed by atoms with Crippen LogP contribution in [0.2, 0.25) is 0 Å². The average molecular weight is 533 g/mol. The molecule has 0 saturated carbocycles. The molecular weight excluding hydrogens is 500 g/mol. The molecule has 0 saturated heterocycles. The first-order valence-electron chi connectivity index (χ1n) is 13.1. The van der Waals surface area contributed by atoms with Crippen molar-refractivity contribution in [1.82, 2.24) is 9.88 Å². The summed E-state index contributed by atoms with van der Waals surface area (Å²) in [5.74, 6) is -0.237. The summed E-state index contributed by atoms with van der Waals surface area (Å²) in [7, 11) is 0. The molecule has 1 aliphatic heterocycles. The maximum Gasteiger partial charge on any atom is 0.308 e. The van der Waals surface area contributed by atoms with Gasteiger partial charge in [-0.15, -0.1) is 0 Å². The molecule has 0 aliphatic carbocycles. The first-order valence-corrected chi connectivity index (χ1v) is 13.1. The van der Waals surface area contributed by atoms with Gasteiger partial charge < -0.3 is 24.1 Å². The second-order valence-corrected chi connectivity index (χ2v) is 9.17. The number of aromatic nitrogens is 1. The molecule has 0 unspecified atom stereocenters. The number of carbonyl (C=O) groups is 3. The molecule has 204 valence electrons. The lowest BCUT2D eigenvalue weighted by Crippen LogP contribution is -2.40. The van der Waals surface area contributed by atoms with E-state index in [1.165, 1.54) is 16.8 Å². The topological polar surface area (TPSA) is 113 Å². The van der Waals surface area contributed by atoms with Crippen LogP contribution >= 0.6 is 0 Å². The van der Waals surface area contributed by atoms with Crippen molar-refractivity contribution in [2.24, 2.45) is 0 Å². The zero-order valence-corrected chi connectivity index (χ0v) is 22.1. The molecule has 1 aromatic heterocycles. The van der Waals surface area contributed by atoms with E-state index in [1.54, 1.807) is 61.5 Å².